The van der Waals surface area contributed by atoms with Crippen molar-refractivity contribution in [2.75, 3.05) is 13.7 Å². The summed E-state index contributed by atoms with van der Waals surface area (Å²) in [5, 5.41) is 18.8. The second kappa shape index (κ2) is 8.81. The molecule has 0 aliphatic rings. The van der Waals surface area contributed by atoms with Crippen LogP contribution in [0.4, 0.5) is 0 Å². The summed E-state index contributed by atoms with van der Waals surface area (Å²) < 4.78 is 5.08. The molecule has 0 aliphatic carbocycles. The number of hydrogen-bond acceptors (Lipinski definition) is 6. The summed E-state index contributed by atoms with van der Waals surface area (Å²) in [4.78, 5) is 28.5. The second-order valence-corrected chi connectivity index (χ2v) is 6.10. The van der Waals surface area contributed by atoms with Crippen molar-refractivity contribution < 1.29 is 14.6 Å². The third-order valence-electron chi connectivity index (χ3n) is 4.17. The minimum absolute atomic E-state index is 0.0118. The Balaban J connectivity index is 1.69. The predicted octanol–water partition coefficient (Wildman–Crippen LogP) is 1.91. The van der Waals surface area contributed by atoms with Crippen LogP contribution in [0.1, 0.15) is 22.3 Å². The van der Waals surface area contributed by atoms with Crippen LogP contribution in [-0.2, 0) is 6.42 Å². The third-order valence-corrected chi connectivity index (χ3v) is 4.17. The molecule has 1 aromatic carbocycles. The smallest absolute Gasteiger partial charge is 0.277 e. The van der Waals surface area contributed by atoms with E-state index in [4.69, 9.17) is 4.74 Å². The lowest BCUT2D eigenvalue weighted by Crippen LogP contribution is -2.31. The summed E-state index contributed by atoms with van der Waals surface area (Å²) in [6.07, 6.45) is 5.00. The Morgan fingerprint density at radius 3 is 2.89 bits per heavy atom. The van der Waals surface area contributed by atoms with Gasteiger partial charge in [-0.25, -0.2) is 5.10 Å². The molecule has 0 radical (unpaired) electrons. The topological polar surface area (TPSA) is 117 Å². The van der Waals surface area contributed by atoms with Gasteiger partial charge in [0.25, 0.3) is 11.5 Å². The van der Waals surface area contributed by atoms with Gasteiger partial charge in [-0.2, -0.15) is 5.10 Å². The number of carbonyl (C=O) groups excluding carboxylic acids is 1. The van der Waals surface area contributed by atoms with Gasteiger partial charge in [0.15, 0.2) is 11.5 Å². The maximum Gasteiger partial charge on any atom is 0.277 e. The van der Waals surface area contributed by atoms with Crippen LogP contribution in [-0.4, -0.2) is 39.8 Å². The van der Waals surface area contributed by atoms with Crippen molar-refractivity contribution in [2.45, 2.75) is 12.8 Å². The SMILES string of the molecule is COc1cc(-c2cc(C(=O)NCCCc3cccnc3)c(=O)[nH]n2)ccc1O. The predicted molar refractivity (Wildman–Crippen MR) is 103 cm³/mol. The molecule has 0 atom stereocenters. The van der Waals surface area contributed by atoms with Gasteiger partial charge in [-0.1, -0.05) is 6.07 Å². The van der Waals surface area contributed by atoms with Gasteiger partial charge in [0.05, 0.1) is 12.8 Å². The minimum atomic E-state index is -0.570. The Morgan fingerprint density at radius 2 is 2.14 bits per heavy atom. The number of ether oxygens (including phenoxy) is 1. The molecule has 2 aromatic heterocycles. The maximum absolute atomic E-state index is 12.4. The number of nitrogens with zero attached hydrogens (tertiary/aromatic N) is 2. The highest BCUT2D eigenvalue weighted by Crippen LogP contribution is 2.30. The molecular formula is C20H20N4O4. The molecule has 0 bridgehead atoms. The monoisotopic (exact) mass is 380 g/mol. The van der Waals surface area contributed by atoms with Gasteiger partial charge in [0.2, 0.25) is 0 Å². The fourth-order valence-electron chi connectivity index (χ4n) is 2.69. The molecule has 2 heterocycles. The number of nitrogens with one attached hydrogen (secondary N) is 2. The molecule has 28 heavy (non-hydrogen) atoms. The first-order valence-electron chi connectivity index (χ1n) is 8.72. The van der Waals surface area contributed by atoms with Crippen molar-refractivity contribution in [3.63, 3.8) is 0 Å². The van der Waals surface area contributed by atoms with E-state index in [0.717, 1.165) is 18.4 Å². The van der Waals surface area contributed by atoms with Crippen molar-refractivity contribution in [3.8, 4) is 22.8 Å². The van der Waals surface area contributed by atoms with Crippen LogP contribution in [0, 0.1) is 0 Å². The van der Waals surface area contributed by atoms with Crippen molar-refractivity contribution in [2.24, 2.45) is 0 Å². The molecule has 0 aliphatic heterocycles. The number of aryl methyl sites for hydroxylation is 1. The summed E-state index contributed by atoms with van der Waals surface area (Å²) in [5.74, 6) is -0.212. The number of rotatable bonds is 7. The largest absolute Gasteiger partial charge is 0.504 e. The number of hydrogen-bond donors (Lipinski definition) is 3. The highest BCUT2D eigenvalue weighted by molar-refractivity contribution is 5.94. The molecule has 0 saturated heterocycles. The van der Waals surface area contributed by atoms with Crippen LogP contribution in [0.25, 0.3) is 11.3 Å². The first kappa shape index (κ1) is 19.1. The number of amides is 1. The number of aromatic nitrogens is 3. The van der Waals surface area contributed by atoms with E-state index in [1.807, 2.05) is 12.1 Å². The Bertz CT molecular complexity index is 1020. The third kappa shape index (κ3) is 4.53. The number of phenolic OH excluding ortho intramolecular Hbond substituents is 1. The fourth-order valence-corrected chi connectivity index (χ4v) is 2.69. The highest BCUT2D eigenvalue weighted by Gasteiger charge is 2.14. The number of phenols is 1. The summed E-state index contributed by atoms with van der Waals surface area (Å²) in [7, 11) is 1.43. The van der Waals surface area contributed by atoms with E-state index in [0.29, 0.717) is 17.8 Å². The fraction of sp³-hybridized carbons (Fsp3) is 0.200. The Morgan fingerprint density at radius 1 is 1.29 bits per heavy atom. The maximum atomic E-state index is 12.4. The van der Waals surface area contributed by atoms with E-state index in [9.17, 15) is 14.7 Å². The number of benzene rings is 1. The van der Waals surface area contributed by atoms with Crippen LogP contribution in [0.3, 0.4) is 0 Å². The average Bonchev–Trinajstić information content (AvgIpc) is 2.72. The first-order chi connectivity index (χ1) is 13.6. The van der Waals surface area contributed by atoms with Gasteiger partial charge in [-0.15, -0.1) is 0 Å². The quantitative estimate of drug-likeness (QED) is 0.539. The summed E-state index contributed by atoms with van der Waals surface area (Å²) in [6, 6.07) is 9.91. The van der Waals surface area contributed by atoms with Crippen molar-refractivity contribution >= 4 is 5.91 Å². The Hall–Kier alpha value is -3.68. The van der Waals surface area contributed by atoms with E-state index < -0.39 is 11.5 Å². The number of pyridine rings is 1. The second-order valence-electron chi connectivity index (χ2n) is 6.10. The normalized spacial score (nSPS) is 10.5. The van der Waals surface area contributed by atoms with Crippen LogP contribution in [0.2, 0.25) is 0 Å². The standard InChI is InChI=1S/C20H20N4O4/c1-28-18-10-14(6-7-17(18)25)16-11-15(20(27)24-23-16)19(26)22-9-3-5-13-4-2-8-21-12-13/h2,4,6-8,10-12,25H,3,5,9H2,1H3,(H,22,26)(H,24,27). The molecule has 3 N–H and O–H groups in total. The summed E-state index contributed by atoms with van der Waals surface area (Å²) in [6.45, 7) is 0.428. The molecule has 8 nitrogen and oxygen atoms in total. The summed E-state index contributed by atoms with van der Waals surface area (Å²) in [5.41, 5.74) is 1.47. The van der Waals surface area contributed by atoms with Gasteiger partial charge < -0.3 is 15.2 Å². The zero-order chi connectivity index (χ0) is 19.9. The molecule has 0 fully saturated rings. The van der Waals surface area contributed by atoms with Gasteiger partial charge in [-0.3, -0.25) is 14.6 Å². The molecule has 3 aromatic rings. The van der Waals surface area contributed by atoms with E-state index in [1.165, 1.54) is 19.2 Å². The Labute approximate surface area is 161 Å². The lowest BCUT2D eigenvalue weighted by molar-refractivity contribution is 0.0951. The van der Waals surface area contributed by atoms with Gasteiger partial charge in [0.1, 0.15) is 5.56 Å². The molecule has 1 amide bonds. The van der Waals surface area contributed by atoms with E-state index in [-0.39, 0.29) is 17.1 Å². The zero-order valence-electron chi connectivity index (χ0n) is 15.3. The van der Waals surface area contributed by atoms with Gasteiger partial charge >= 0.3 is 0 Å². The Kier molecular flexibility index (Phi) is 6.01. The van der Waals surface area contributed by atoms with Crippen LogP contribution in [0.5, 0.6) is 11.5 Å². The van der Waals surface area contributed by atoms with Crippen LogP contribution >= 0.6 is 0 Å². The van der Waals surface area contributed by atoms with Gasteiger partial charge in [-0.05, 0) is 48.7 Å². The lowest BCUT2D eigenvalue weighted by atomic mass is 10.1. The van der Waals surface area contributed by atoms with Crippen molar-refractivity contribution in [1.29, 1.82) is 0 Å². The molecule has 144 valence electrons. The van der Waals surface area contributed by atoms with Crippen molar-refractivity contribution in [1.82, 2.24) is 20.5 Å². The van der Waals surface area contributed by atoms with Crippen molar-refractivity contribution in [3.05, 3.63) is 70.3 Å². The first-order valence-corrected chi connectivity index (χ1v) is 8.72. The van der Waals surface area contributed by atoms with E-state index >= 15 is 0 Å². The zero-order valence-corrected chi connectivity index (χ0v) is 15.3. The summed E-state index contributed by atoms with van der Waals surface area (Å²) >= 11 is 0. The molecular weight excluding hydrogens is 360 g/mol. The number of carbonyl (C=O) groups is 1. The molecule has 8 heteroatoms. The molecule has 0 saturated carbocycles. The number of H-pyrrole nitrogens is 1. The lowest BCUT2D eigenvalue weighted by Gasteiger charge is -2.08. The molecule has 0 spiro atoms. The highest BCUT2D eigenvalue weighted by atomic mass is 16.5. The van der Waals surface area contributed by atoms with E-state index in [2.05, 4.69) is 20.5 Å². The van der Waals surface area contributed by atoms with Gasteiger partial charge in [0, 0.05) is 24.5 Å². The molecule has 0 unspecified atom stereocenters. The molecule has 3 rings (SSSR count). The number of aromatic amines is 1. The number of aromatic hydroxyl groups is 1. The van der Waals surface area contributed by atoms with Crippen LogP contribution in [0.15, 0.2) is 53.6 Å². The average molecular weight is 380 g/mol. The van der Waals surface area contributed by atoms with E-state index in [1.54, 1.807) is 24.5 Å². The van der Waals surface area contributed by atoms with Crippen LogP contribution < -0.4 is 15.6 Å². The minimum Gasteiger partial charge on any atom is -0.504 e. The number of methoxy groups -OCH3 is 1.